The number of hydrogen-bond acceptors (Lipinski definition) is 6. The molecule has 0 spiro atoms. The first-order valence-electron chi connectivity index (χ1n) is 10.4. The zero-order chi connectivity index (χ0) is 21.4. The number of anilines is 1. The van der Waals surface area contributed by atoms with Gasteiger partial charge in [0.2, 0.25) is 0 Å². The number of para-hydroxylation sites is 1. The van der Waals surface area contributed by atoms with E-state index in [2.05, 4.69) is 22.1 Å². The molecule has 5 rings (SSSR count). The van der Waals surface area contributed by atoms with Crippen LogP contribution in [0, 0.1) is 0 Å². The molecule has 0 radical (unpaired) electrons. The Balaban J connectivity index is 1.57. The molecule has 158 valence electrons. The number of H-pyrrole nitrogens is 1. The molecule has 1 saturated heterocycles. The van der Waals surface area contributed by atoms with Crippen molar-refractivity contribution in [3.8, 4) is 22.8 Å². The van der Waals surface area contributed by atoms with E-state index in [9.17, 15) is 4.79 Å². The number of nitrogens with zero attached hydrogens (tertiary/aromatic N) is 4. The van der Waals surface area contributed by atoms with Gasteiger partial charge in [0.1, 0.15) is 22.7 Å². The molecular weight excluding hydrogens is 392 g/mol. The maximum Gasteiger partial charge on any atom is 0.290 e. The van der Waals surface area contributed by atoms with E-state index in [1.54, 1.807) is 0 Å². The van der Waals surface area contributed by atoms with Crippen molar-refractivity contribution in [2.45, 2.75) is 18.9 Å². The van der Waals surface area contributed by atoms with E-state index in [0.717, 1.165) is 43.0 Å². The number of likely N-dealkylation sites (N-methyl/N-ethyl adjacent to an activating group) is 1. The van der Waals surface area contributed by atoms with E-state index >= 15 is 0 Å². The molecular formula is C23H24N6O2. The number of hydrogen-bond donors (Lipinski definition) is 2. The van der Waals surface area contributed by atoms with Crippen molar-refractivity contribution >= 4 is 16.7 Å². The second kappa shape index (κ2) is 7.88. The van der Waals surface area contributed by atoms with Gasteiger partial charge in [-0.3, -0.25) is 9.48 Å². The fraction of sp³-hybridized carbons (Fsp3) is 0.261. The molecule has 4 aromatic rings. The predicted molar refractivity (Wildman–Crippen MR) is 120 cm³/mol. The standard InChI is InChI=1S/C23H24N6O2/c1-28-13-5-6-16(14-28)29-21-19(22(24)25-26-23(21)30)20(27-29)15-9-11-18(12-10-15)31-17-7-3-2-4-8-17/h2-4,7-12,16H,5-6,13-14H2,1H3,(H2,24,25)(H,26,30). The van der Waals surface area contributed by atoms with Crippen LogP contribution >= 0.6 is 0 Å². The van der Waals surface area contributed by atoms with Crippen molar-refractivity contribution in [2.24, 2.45) is 0 Å². The van der Waals surface area contributed by atoms with Gasteiger partial charge >= 0.3 is 0 Å². The maximum atomic E-state index is 12.7. The highest BCUT2D eigenvalue weighted by molar-refractivity contribution is 5.99. The van der Waals surface area contributed by atoms with Crippen LogP contribution in [-0.4, -0.2) is 45.0 Å². The SMILES string of the molecule is CN1CCCC(n2nc(-c3ccc(Oc4ccccc4)cc3)c3c(N)n[nH]c(=O)c32)C1. The molecule has 1 fully saturated rings. The molecule has 1 aliphatic heterocycles. The van der Waals surface area contributed by atoms with Crippen LogP contribution < -0.4 is 16.0 Å². The van der Waals surface area contributed by atoms with Crippen LogP contribution in [0.5, 0.6) is 11.5 Å². The summed E-state index contributed by atoms with van der Waals surface area (Å²) in [5.41, 5.74) is 7.91. The molecule has 0 saturated carbocycles. The Labute approximate surface area is 179 Å². The lowest BCUT2D eigenvalue weighted by atomic mass is 10.1. The van der Waals surface area contributed by atoms with Crippen molar-refractivity contribution in [1.29, 1.82) is 0 Å². The third-order valence-corrected chi connectivity index (χ3v) is 5.71. The maximum absolute atomic E-state index is 12.7. The van der Waals surface area contributed by atoms with Crippen LogP contribution in [0.3, 0.4) is 0 Å². The lowest BCUT2D eigenvalue weighted by molar-refractivity contribution is 0.206. The van der Waals surface area contributed by atoms with E-state index < -0.39 is 0 Å². The molecule has 2 aromatic heterocycles. The number of aromatic amines is 1. The molecule has 1 atom stereocenters. The molecule has 0 aliphatic carbocycles. The third kappa shape index (κ3) is 3.66. The number of nitrogens with one attached hydrogen (secondary N) is 1. The van der Waals surface area contributed by atoms with Gasteiger partial charge < -0.3 is 15.4 Å². The summed E-state index contributed by atoms with van der Waals surface area (Å²) in [6.07, 6.45) is 2.02. The zero-order valence-electron chi connectivity index (χ0n) is 17.3. The highest BCUT2D eigenvalue weighted by Gasteiger charge is 2.26. The highest BCUT2D eigenvalue weighted by atomic mass is 16.5. The lowest BCUT2D eigenvalue weighted by Gasteiger charge is -2.30. The minimum absolute atomic E-state index is 0.110. The first kappa shape index (κ1) is 19.3. The summed E-state index contributed by atoms with van der Waals surface area (Å²) < 4.78 is 7.73. The minimum Gasteiger partial charge on any atom is -0.457 e. The average molecular weight is 416 g/mol. The molecule has 2 aromatic carbocycles. The summed E-state index contributed by atoms with van der Waals surface area (Å²) >= 11 is 0. The van der Waals surface area contributed by atoms with E-state index in [4.69, 9.17) is 15.6 Å². The summed E-state index contributed by atoms with van der Waals surface area (Å²) in [5.74, 6) is 1.76. The smallest absolute Gasteiger partial charge is 0.290 e. The second-order valence-corrected chi connectivity index (χ2v) is 7.95. The lowest BCUT2D eigenvalue weighted by Crippen LogP contribution is -2.34. The molecule has 1 unspecified atom stereocenters. The van der Waals surface area contributed by atoms with E-state index in [1.807, 2.05) is 59.3 Å². The van der Waals surface area contributed by atoms with Gasteiger partial charge in [-0.1, -0.05) is 18.2 Å². The van der Waals surface area contributed by atoms with Crippen LogP contribution in [0.15, 0.2) is 59.4 Å². The Morgan fingerprint density at radius 3 is 2.58 bits per heavy atom. The van der Waals surface area contributed by atoms with E-state index in [-0.39, 0.29) is 17.4 Å². The van der Waals surface area contributed by atoms with Crippen molar-refractivity contribution in [3.63, 3.8) is 0 Å². The topological polar surface area (TPSA) is 102 Å². The fourth-order valence-electron chi connectivity index (χ4n) is 4.23. The molecule has 0 bridgehead atoms. The first-order chi connectivity index (χ1) is 15.1. The molecule has 1 aliphatic rings. The molecule has 3 heterocycles. The number of nitrogen functional groups attached to an aromatic ring is 1. The highest BCUT2D eigenvalue weighted by Crippen LogP contribution is 2.34. The molecule has 8 nitrogen and oxygen atoms in total. The Hall–Kier alpha value is -3.65. The zero-order valence-corrected chi connectivity index (χ0v) is 17.3. The van der Waals surface area contributed by atoms with Gasteiger partial charge in [-0.2, -0.15) is 10.2 Å². The van der Waals surface area contributed by atoms with Crippen LogP contribution in [0.1, 0.15) is 18.9 Å². The van der Waals surface area contributed by atoms with Crippen molar-refractivity contribution in [1.82, 2.24) is 24.9 Å². The minimum atomic E-state index is -0.278. The van der Waals surface area contributed by atoms with Gasteiger partial charge in [0.25, 0.3) is 5.56 Å². The van der Waals surface area contributed by atoms with Crippen LogP contribution in [0.25, 0.3) is 22.2 Å². The van der Waals surface area contributed by atoms with Gasteiger partial charge in [-0.25, -0.2) is 5.10 Å². The quantitative estimate of drug-likeness (QED) is 0.528. The van der Waals surface area contributed by atoms with E-state index in [0.29, 0.717) is 16.6 Å². The van der Waals surface area contributed by atoms with Crippen LogP contribution in [-0.2, 0) is 0 Å². The number of piperidine rings is 1. The number of likely N-dealkylation sites (tertiary alicyclic amines) is 1. The average Bonchev–Trinajstić information content (AvgIpc) is 3.20. The van der Waals surface area contributed by atoms with Crippen molar-refractivity contribution < 1.29 is 4.74 Å². The number of rotatable bonds is 4. The van der Waals surface area contributed by atoms with Crippen molar-refractivity contribution in [3.05, 3.63) is 65.0 Å². The predicted octanol–water partition coefficient (Wildman–Crippen LogP) is 3.43. The summed E-state index contributed by atoms with van der Waals surface area (Å²) in [4.78, 5) is 15.0. The number of aromatic nitrogens is 4. The largest absolute Gasteiger partial charge is 0.457 e. The van der Waals surface area contributed by atoms with Crippen LogP contribution in [0.4, 0.5) is 5.82 Å². The van der Waals surface area contributed by atoms with Crippen LogP contribution in [0.2, 0.25) is 0 Å². The molecule has 3 N–H and O–H groups in total. The Morgan fingerprint density at radius 1 is 1.10 bits per heavy atom. The normalized spacial score (nSPS) is 17.1. The first-order valence-corrected chi connectivity index (χ1v) is 10.4. The molecule has 0 amide bonds. The number of fused-ring (bicyclic) bond motifs is 1. The van der Waals surface area contributed by atoms with Gasteiger partial charge in [-0.15, -0.1) is 0 Å². The summed E-state index contributed by atoms with van der Waals surface area (Å²) in [5, 5.41) is 12.0. The second-order valence-electron chi connectivity index (χ2n) is 7.95. The van der Waals surface area contributed by atoms with Crippen molar-refractivity contribution in [2.75, 3.05) is 25.9 Å². The number of nitrogens with two attached hydrogens (primary N) is 1. The van der Waals surface area contributed by atoms with Gasteiger partial charge in [0, 0.05) is 12.1 Å². The van der Waals surface area contributed by atoms with Gasteiger partial charge in [0.05, 0.1) is 11.4 Å². The third-order valence-electron chi connectivity index (χ3n) is 5.71. The Morgan fingerprint density at radius 2 is 1.84 bits per heavy atom. The number of benzene rings is 2. The van der Waals surface area contributed by atoms with Gasteiger partial charge in [0.15, 0.2) is 5.82 Å². The summed E-state index contributed by atoms with van der Waals surface area (Å²) in [7, 11) is 2.09. The monoisotopic (exact) mass is 416 g/mol. The summed E-state index contributed by atoms with van der Waals surface area (Å²) in [6.45, 7) is 1.88. The molecule has 31 heavy (non-hydrogen) atoms. The molecule has 8 heteroatoms. The number of ether oxygens (including phenoxy) is 1. The Kier molecular flexibility index (Phi) is 4.91. The fourth-order valence-corrected chi connectivity index (χ4v) is 4.23. The Bertz CT molecular complexity index is 1260. The summed E-state index contributed by atoms with van der Waals surface area (Å²) in [6, 6.07) is 17.4. The van der Waals surface area contributed by atoms with E-state index in [1.165, 1.54) is 0 Å². The van der Waals surface area contributed by atoms with Gasteiger partial charge in [-0.05, 0) is 62.8 Å².